The average molecular weight is 471 g/mol. The van der Waals surface area contributed by atoms with Gasteiger partial charge in [-0.3, -0.25) is 9.59 Å². The van der Waals surface area contributed by atoms with Crippen LogP contribution in [0.25, 0.3) is 0 Å². The molecule has 0 heterocycles. The maximum Gasteiger partial charge on any atom is 0.240 e. The van der Waals surface area contributed by atoms with Crippen molar-refractivity contribution in [3.8, 4) is 23.0 Å². The molecule has 0 bridgehead atoms. The van der Waals surface area contributed by atoms with E-state index in [1.807, 2.05) is 0 Å². The van der Waals surface area contributed by atoms with Crippen LogP contribution in [0.4, 0.5) is 0 Å². The fraction of sp³-hybridized carbons (Fsp3) is 0.333. The highest BCUT2D eigenvalue weighted by Crippen LogP contribution is 2.23. The maximum atomic E-state index is 11.9. The van der Waals surface area contributed by atoms with Gasteiger partial charge >= 0.3 is 0 Å². The molecule has 2 amide bonds. The van der Waals surface area contributed by atoms with Crippen molar-refractivity contribution in [1.29, 1.82) is 0 Å². The van der Waals surface area contributed by atoms with E-state index in [0.29, 0.717) is 47.0 Å². The van der Waals surface area contributed by atoms with Gasteiger partial charge in [-0.15, -0.1) is 0 Å². The standard InChI is InChI=1S/C24H30N4O6/c1-31-19-11-9-17(21(13-19)33-3)15-25-27-23(29)7-5-6-8-24(30)28-26-16-18-10-12-20(32-2)14-22(18)34-4/h9-16H,5-8H2,1-4H3,(H,27,29)(H,28,30)/b25-15+,26-16+. The lowest BCUT2D eigenvalue weighted by Crippen LogP contribution is -2.19. The molecular weight excluding hydrogens is 440 g/mol. The maximum absolute atomic E-state index is 11.9. The molecule has 0 aliphatic carbocycles. The lowest BCUT2D eigenvalue weighted by Gasteiger charge is -2.07. The van der Waals surface area contributed by atoms with E-state index in [-0.39, 0.29) is 24.7 Å². The van der Waals surface area contributed by atoms with Crippen molar-refractivity contribution in [2.45, 2.75) is 25.7 Å². The lowest BCUT2D eigenvalue weighted by atomic mass is 10.2. The Morgan fingerprint density at radius 2 is 1.12 bits per heavy atom. The van der Waals surface area contributed by atoms with Crippen molar-refractivity contribution < 1.29 is 28.5 Å². The Labute approximate surface area is 198 Å². The Morgan fingerprint density at radius 1 is 0.706 bits per heavy atom. The van der Waals surface area contributed by atoms with E-state index in [1.165, 1.54) is 12.4 Å². The number of ether oxygens (including phenoxy) is 4. The fourth-order valence-electron chi connectivity index (χ4n) is 2.88. The largest absolute Gasteiger partial charge is 0.497 e. The zero-order chi connectivity index (χ0) is 24.8. The number of carbonyl (C=O) groups is 2. The van der Waals surface area contributed by atoms with E-state index < -0.39 is 0 Å². The molecule has 0 aliphatic heterocycles. The number of nitrogens with one attached hydrogen (secondary N) is 2. The topological polar surface area (TPSA) is 120 Å². The quantitative estimate of drug-likeness (QED) is 0.264. The summed E-state index contributed by atoms with van der Waals surface area (Å²) >= 11 is 0. The SMILES string of the molecule is COc1ccc(/C=N/NC(=O)CCCCC(=O)N/N=C/c2ccc(OC)cc2OC)c(OC)c1. The zero-order valence-corrected chi connectivity index (χ0v) is 19.8. The molecule has 0 fully saturated rings. The van der Waals surface area contributed by atoms with Gasteiger partial charge in [-0.1, -0.05) is 0 Å². The molecule has 10 nitrogen and oxygen atoms in total. The number of nitrogens with zero attached hydrogens (tertiary/aromatic N) is 2. The molecule has 0 saturated carbocycles. The van der Waals surface area contributed by atoms with Gasteiger partial charge in [0.05, 0.1) is 40.9 Å². The first kappa shape index (κ1) is 26.2. The zero-order valence-electron chi connectivity index (χ0n) is 19.8. The second kappa shape index (κ2) is 14.1. The summed E-state index contributed by atoms with van der Waals surface area (Å²) in [6.45, 7) is 0. The fourth-order valence-corrected chi connectivity index (χ4v) is 2.88. The van der Waals surface area contributed by atoms with Crippen LogP contribution in [0.15, 0.2) is 46.6 Å². The summed E-state index contributed by atoms with van der Waals surface area (Å²) in [6, 6.07) is 10.6. The molecule has 34 heavy (non-hydrogen) atoms. The third kappa shape index (κ3) is 8.45. The Balaban J connectivity index is 1.68. The first-order valence-corrected chi connectivity index (χ1v) is 10.6. The van der Waals surface area contributed by atoms with Gasteiger partial charge in [0.2, 0.25) is 11.8 Å². The smallest absolute Gasteiger partial charge is 0.240 e. The predicted octanol–water partition coefficient (Wildman–Crippen LogP) is 2.88. The minimum Gasteiger partial charge on any atom is -0.497 e. The molecule has 2 N–H and O–H groups in total. The summed E-state index contributed by atoms with van der Waals surface area (Å²) in [7, 11) is 6.23. The van der Waals surface area contributed by atoms with Gasteiger partial charge in [-0.25, -0.2) is 10.9 Å². The van der Waals surface area contributed by atoms with E-state index >= 15 is 0 Å². The molecule has 0 unspecified atom stereocenters. The van der Waals surface area contributed by atoms with Gasteiger partial charge < -0.3 is 18.9 Å². The van der Waals surface area contributed by atoms with E-state index in [1.54, 1.807) is 64.8 Å². The predicted molar refractivity (Wildman–Crippen MR) is 129 cm³/mol. The lowest BCUT2D eigenvalue weighted by molar-refractivity contribution is -0.123. The molecule has 0 aromatic heterocycles. The van der Waals surface area contributed by atoms with E-state index in [2.05, 4.69) is 21.1 Å². The molecule has 0 spiro atoms. The molecule has 2 rings (SSSR count). The Bertz CT molecular complexity index is 941. The van der Waals surface area contributed by atoms with Gasteiger partial charge in [0.15, 0.2) is 0 Å². The van der Waals surface area contributed by atoms with Gasteiger partial charge in [-0.05, 0) is 37.1 Å². The van der Waals surface area contributed by atoms with Crippen molar-refractivity contribution >= 4 is 24.2 Å². The van der Waals surface area contributed by atoms with Crippen LogP contribution in [0.3, 0.4) is 0 Å². The van der Waals surface area contributed by atoms with Crippen molar-refractivity contribution in [3.63, 3.8) is 0 Å². The van der Waals surface area contributed by atoms with Crippen molar-refractivity contribution in [3.05, 3.63) is 47.5 Å². The molecule has 2 aromatic rings. The molecule has 10 heteroatoms. The molecular formula is C24H30N4O6. The average Bonchev–Trinajstić information content (AvgIpc) is 2.86. The molecule has 0 atom stereocenters. The molecule has 0 saturated heterocycles. The van der Waals surface area contributed by atoms with Crippen LogP contribution in [0.2, 0.25) is 0 Å². The Kier molecular flexibility index (Phi) is 10.9. The second-order valence-electron chi connectivity index (χ2n) is 7.01. The van der Waals surface area contributed by atoms with Crippen LogP contribution in [-0.2, 0) is 9.59 Å². The number of rotatable bonds is 13. The first-order chi connectivity index (χ1) is 16.5. The van der Waals surface area contributed by atoms with Crippen molar-refractivity contribution in [2.24, 2.45) is 10.2 Å². The minimum absolute atomic E-state index is 0.242. The first-order valence-electron chi connectivity index (χ1n) is 10.6. The Morgan fingerprint density at radius 3 is 1.47 bits per heavy atom. The summed E-state index contributed by atoms with van der Waals surface area (Å²) in [5.41, 5.74) is 6.34. The van der Waals surface area contributed by atoms with Crippen LogP contribution in [-0.4, -0.2) is 52.7 Å². The molecule has 2 aromatic carbocycles. The third-order valence-electron chi connectivity index (χ3n) is 4.72. The summed E-state index contributed by atoms with van der Waals surface area (Å²) in [4.78, 5) is 23.9. The summed E-state index contributed by atoms with van der Waals surface area (Å²) < 4.78 is 20.8. The summed E-state index contributed by atoms with van der Waals surface area (Å²) in [5.74, 6) is 2.00. The second-order valence-corrected chi connectivity index (χ2v) is 7.01. The minimum atomic E-state index is -0.242. The highest BCUT2D eigenvalue weighted by molar-refractivity contribution is 5.86. The summed E-state index contributed by atoms with van der Waals surface area (Å²) in [5, 5.41) is 7.90. The summed E-state index contributed by atoms with van der Waals surface area (Å²) in [6.07, 6.45) is 4.57. The van der Waals surface area contributed by atoms with Crippen LogP contribution >= 0.6 is 0 Å². The third-order valence-corrected chi connectivity index (χ3v) is 4.72. The highest BCUT2D eigenvalue weighted by atomic mass is 16.5. The van der Waals surface area contributed by atoms with Crippen LogP contribution in [0.1, 0.15) is 36.8 Å². The van der Waals surface area contributed by atoms with Crippen LogP contribution < -0.4 is 29.8 Å². The number of methoxy groups -OCH3 is 4. The number of carbonyl (C=O) groups excluding carboxylic acids is 2. The number of hydrogen-bond donors (Lipinski definition) is 2. The van der Waals surface area contributed by atoms with E-state index in [0.717, 1.165) is 0 Å². The molecule has 182 valence electrons. The number of hydrazone groups is 2. The number of hydrogen-bond acceptors (Lipinski definition) is 8. The van der Waals surface area contributed by atoms with Gasteiger partial charge in [0.1, 0.15) is 23.0 Å². The normalized spacial score (nSPS) is 10.8. The monoisotopic (exact) mass is 470 g/mol. The Hall–Kier alpha value is -4.08. The van der Waals surface area contributed by atoms with Gasteiger partial charge in [0.25, 0.3) is 0 Å². The van der Waals surface area contributed by atoms with Gasteiger partial charge in [0, 0.05) is 36.1 Å². The van der Waals surface area contributed by atoms with Crippen molar-refractivity contribution in [1.82, 2.24) is 10.9 Å². The van der Waals surface area contributed by atoms with Crippen LogP contribution in [0.5, 0.6) is 23.0 Å². The van der Waals surface area contributed by atoms with Gasteiger partial charge in [-0.2, -0.15) is 10.2 Å². The number of amides is 2. The van der Waals surface area contributed by atoms with Crippen LogP contribution in [0, 0.1) is 0 Å². The molecule has 0 radical (unpaired) electrons. The number of benzene rings is 2. The van der Waals surface area contributed by atoms with E-state index in [4.69, 9.17) is 18.9 Å². The van der Waals surface area contributed by atoms with E-state index in [9.17, 15) is 9.59 Å². The number of unbranched alkanes of at least 4 members (excludes halogenated alkanes) is 1. The molecule has 0 aliphatic rings. The van der Waals surface area contributed by atoms with Crippen molar-refractivity contribution in [2.75, 3.05) is 28.4 Å². The highest BCUT2D eigenvalue weighted by Gasteiger charge is 2.06.